The second-order valence-electron chi connectivity index (χ2n) is 2.19. The largest absolute Gasteiger partial charge is 0.488 e. The predicted octanol–water partition coefficient (Wildman–Crippen LogP) is 2.40. The van der Waals surface area contributed by atoms with Crippen molar-refractivity contribution in [3.05, 3.63) is 36.6 Å². The van der Waals surface area contributed by atoms with E-state index in [1.165, 1.54) is 0 Å². The molecule has 0 aliphatic heterocycles. The summed E-state index contributed by atoms with van der Waals surface area (Å²) in [5, 5.41) is 0. The molecule has 1 nitrogen and oxygen atoms in total. The molecule has 0 aromatic heterocycles. The van der Waals surface area contributed by atoms with Crippen molar-refractivity contribution in [2.75, 3.05) is 6.61 Å². The first kappa shape index (κ1) is 8.21. The van der Waals surface area contributed by atoms with Crippen molar-refractivity contribution in [1.29, 1.82) is 0 Å². The van der Waals surface area contributed by atoms with E-state index in [1.54, 1.807) is 6.08 Å². The van der Waals surface area contributed by atoms with Gasteiger partial charge in [0.2, 0.25) is 0 Å². The molecule has 58 valence electrons. The molecule has 1 rings (SSSR count). The quantitative estimate of drug-likeness (QED) is 0.470. The molecule has 0 spiro atoms. The van der Waals surface area contributed by atoms with Crippen molar-refractivity contribution in [1.82, 2.24) is 0 Å². The Morgan fingerprint density at radius 3 is 3.18 bits per heavy atom. The number of thiocarbonyl (C=S) groups is 1. The fraction of sp³-hybridized carbons (Fsp3) is 0.222. The third kappa shape index (κ3) is 2.31. The van der Waals surface area contributed by atoms with Gasteiger partial charge in [-0.25, -0.2) is 0 Å². The van der Waals surface area contributed by atoms with Gasteiger partial charge in [-0.05, 0) is 6.08 Å². The van der Waals surface area contributed by atoms with Crippen LogP contribution in [0.2, 0.25) is 0 Å². The second kappa shape index (κ2) is 4.09. The van der Waals surface area contributed by atoms with E-state index in [4.69, 9.17) is 17.0 Å². The number of allylic oxidation sites excluding steroid dienone is 4. The molecule has 0 heterocycles. The SMILES string of the molecule is C=CCOC1=CC=CCC1=S. The maximum Gasteiger partial charge on any atom is 0.133 e. The van der Waals surface area contributed by atoms with E-state index in [1.807, 2.05) is 18.2 Å². The van der Waals surface area contributed by atoms with E-state index in [0.717, 1.165) is 17.0 Å². The number of hydrogen-bond donors (Lipinski definition) is 0. The number of rotatable bonds is 3. The van der Waals surface area contributed by atoms with Gasteiger partial charge < -0.3 is 4.74 Å². The topological polar surface area (TPSA) is 9.23 Å². The van der Waals surface area contributed by atoms with Gasteiger partial charge in [0.05, 0.1) is 4.86 Å². The van der Waals surface area contributed by atoms with Crippen molar-refractivity contribution in [2.45, 2.75) is 6.42 Å². The summed E-state index contributed by atoms with van der Waals surface area (Å²) in [5.41, 5.74) is 0. The highest BCUT2D eigenvalue weighted by Gasteiger charge is 2.05. The van der Waals surface area contributed by atoms with Crippen LogP contribution in [0.15, 0.2) is 36.6 Å². The van der Waals surface area contributed by atoms with Crippen LogP contribution in [0.1, 0.15) is 6.42 Å². The molecule has 0 unspecified atom stereocenters. The summed E-state index contributed by atoms with van der Waals surface area (Å²) in [6.07, 6.45) is 8.38. The van der Waals surface area contributed by atoms with Crippen LogP contribution in [0.3, 0.4) is 0 Å². The van der Waals surface area contributed by atoms with E-state index in [9.17, 15) is 0 Å². The molecule has 0 radical (unpaired) electrons. The Morgan fingerprint density at radius 2 is 2.55 bits per heavy atom. The Balaban J connectivity index is 2.53. The van der Waals surface area contributed by atoms with Crippen molar-refractivity contribution in [3.63, 3.8) is 0 Å². The standard InChI is InChI=1S/C9H10OS/c1-2-7-10-8-5-3-4-6-9(8)11/h2-5H,1,6-7H2. The van der Waals surface area contributed by atoms with E-state index in [0.29, 0.717) is 6.61 Å². The average molecular weight is 166 g/mol. The van der Waals surface area contributed by atoms with Crippen molar-refractivity contribution in [3.8, 4) is 0 Å². The minimum atomic E-state index is 0.528. The zero-order valence-corrected chi connectivity index (χ0v) is 7.06. The monoisotopic (exact) mass is 166 g/mol. The van der Waals surface area contributed by atoms with Gasteiger partial charge in [0.1, 0.15) is 12.4 Å². The lowest BCUT2D eigenvalue weighted by Crippen LogP contribution is -2.05. The van der Waals surface area contributed by atoms with E-state index in [2.05, 4.69) is 6.58 Å². The van der Waals surface area contributed by atoms with Crippen LogP contribution >= 0.6 is 12.2 Å². The highest BCUT2D eigenvalue weighted by atomic mass is 32.1. The van der Waals surface area contributed by atoms with Crippen LogP contribution in [0.5, 0.6) is 0 Å². The van der Waals surface area contributed by atoms with Crippen LogP contribution in [0.4, 0.5) is 0 Å². The Morgan fingerprint density at radius 1 is 1.73 bits per heavy atom. The Labute approximate surface area is 72.1 Å². The summed E-state index contributed by atoms with van der Waals surface area (Å²) >= 11 is 5.06. The van der Waals surface area contributed by atoms with Crippen molar-refractivity contribution < 1.29 is 4.74 Å². The fourth-order valence-electron chi connectivity index (χ4n) is 0.801. The molecular weight excluding hydrogens is 156 g/mol. The van der Waals surface area contributed by atoms with Gasteiger partial charge in [-0.15, -0.1) is 0 Å². The lowest BCUT2D eigenvalue weighted by Gasteiger charge is -2.10. The third-order valence-electron chi connectivity index (χ3n) is 1.32. The van der Waals surface area contributed by atoms with Crippen LogP contribution < -0.4 is 0 Å². The van der Waals surface area contributed by atoms with Gasteiger partial charge in [-0.1, -0.05) is 37.0 Å². The van der Waals surface area contributed by atoms with Crippen LogP contribution in [-0.2, 0) is 4.74 Å². The lowest BCUT2D eigenvalue weighted by molar-refractivity contribution is 0.269. The van der Waals surface area contributed by atoms with Crippen LogP contribution in [-0.4, -0.2) is 11.5 Å². The summed E-state index contributed by atoms with van der Waals surface area (Å²) < 4.78 is 5.29. The predicted molar refractivity (Wildman–Crippen MR) is 50.6 cm³/mol. The molecule has 11 heavy (non-hydrogen) atoms. The highest BCUT2D eigenvalue weighted by molar-refractivity contribution is 7.80. The van der Waals surface area contributed by atoms with E-state index in [-0.39, 0.29) is 0 Å². The van der Waals surface area contributed by atoms with Crippen molar-refractivity contribution >= 4 is 17.1 Å². The van der Waals surface area contributed by atoms with E-state index < -0.39 is 0 Å². The zero-order valence-electron chi connectivity index (χ0n) is 6.25. The molecule has 1 aliphatic rings. The molecule has 0 amide bonds. The van der Waals surface area contributed by atoms with Gasteiger partial charge in [-0.2, -0.15) is 0 Å². The van der Waals surface area contributed by atoms with Gasteiger partial charge >= 0.3 is 0 Å². The maximum absolute atomic E-state index is 5.29. The zero-order chi connectivity index (χ0) is 8.10. The summed E-state index contributed by atoms with van der Waals surface area (Å²) in [4.78, 5) is 0.870. The Bertz CT molecular complexity index is 226. The molecule has 0 aromatic rings. The normalized spacial score (nSPS) is 16.0. The van der Waals surface area contributed by atoms with Crippen molar-refractivity contribution in [2.24, 2.45) is 0 Å². The Kier molecular flexibility index (Phi) is 3.05. The molecule has 1 aliphatic carbocycles. The first-order valence-electron chi connectivity index (χ1n) is 3.48. The van der Waals surface area contributed by atoms with Gasteiger partial charge in [0.15, 0.2) is 0 Å². The summed E-state index contributed by atoms with van der Waals surface area (Å²) in [7, 11) is 0. The molecule has 0 N–H and O–H groups in total. The molecule has 2 heteroatoms. The smallest absolute Gasteiger partial charge is 0.133 e. The summed E-state index contributed by atoms with van der Waals surface area (Å²) in [5.74, 6) is 0.808. The van der Waals surface area contributed by atoms with Crippen LogP contribution in [0, 0.1) is 0 Å². The third-order valence-corrected chi connectivity index (χ3v) is 1.69. The first-order chi connectivity index (χ1) is 5.34. The molecule has 0 aromatic carbocycles. The molecule has 0 saturated heterocycles. The lowest BCUT2D eigenvalue weighted by atomic mass is 10.1. The molecular formula is C9H10OS. The first-order valence-corrected chi connectivity index (χ1v) is 3.89. The molecule has 0 bridgehead atoms. The van der Waals surface area contributed by atoms with E-state index >= 15 is 0 Å². The van der Waals surface area contributed by atoms with Gasteiger partial charge in [0.25, 0.3) is 0 Å². The highest BCUT2D eigenvalue weighted by Crippen LogP contribution is 2.10. The Hall–Kier alpha value is -0.890. The van der Waals surface area contributed by atoms with Gasteiger partial charge in [-0.3, -0.25) is 0 Å². The maximum atomic E-state index is 5.29. The van der Waals surface area contributed by atoms with Gasteiger partial charge in [0, 0.05) is 6.42 Å². The molecule has 0 saturated carbocycles. The minimum Gasteiger partial charge on any atom is -0.488 e. The summed E-state index contributed by atoms with van der Waals surface area (Å²) in [6, 6.07) is 0. The molecule has 0 atom stereocenters. The fourth-order valence-corrected chi connectivity index (χ4v) is 1.02. The van der Waals surface area contributed by atoms with Crippen LogP contribution in [0.25, 0.3) is 0 Å². The molecule has 0 fully saturated rings. The average Bonchev–Trinajstić information content (AvgIpc) is 2.03. The number of hydrogen-bond acceptors (Lipinski definition) is 2. The number of ether oxygens (including phenoxy) is 1. The summed E-state index contributed by atoms with van der Waals surface area (Å²) in [6.45, 7) is 4.08. The second-order valence-corrected chi connectivity index (χ2v) is 2.68. The minimum absolute atomic E-state index is 0.528.